The summed E-state index contributed by atoms with van der Waals surface area (Å²) in [5, 5.41) is 0.707. The molecular weight excluding hydrogens is 328 g/mol. The largest absolute Gasteiger partial charge is 0.379 e. The van der Waals surface area contributed by atoms with E-state index in [-0.39, 0.29) is 5.56 Å². The molecule has 26 heavy (non-hydrogen) atoms. The first-order valence-corrected chi connectivity index (χ1v) is 9.79. The third kappa shape index (κ3) is 3.98. The highest BCUT2D eigenvalue weighted by Crippen LogP contribution is 2.18. The molecule has 0 saturated carbocycles. The van der Waals surface area contributed by atoms with Crippen molar-refractivity contribution in [1.29, 1.82) is 0 Å². The van der Waals surface area contributed by atoms with E-state index >= 15 is 0 Å². The molecule has 0 amide bonds. The average Bonchev–Trinajstić information content (AvgIpc) is 2.69. The predicted molar refractivity (Wildman–Crippen MR) is 102 cm³/mol. The molecule has 0 radical (unpaired) electrons. The zero-order valence-electron chi connectivity index (χ0n) is 15.3. The molecule has 0 N–H and O–H groups in total. The molecule has 1 aromatic heterocycles. The fraction of sp³-hybridized carbons (Fsp3) is 0.600. The Labute approximate surface area is 154 Å². The van der Waals surface area contributed by atoms with E-state index in [1.807, 2.05) is 24.3 Å². The van der Waals surface area contributed by atoms with Crippen molar-refractivity contribution in [2.45, 2.75) is 31.8 Å². The van der Waals surface area contributed by atoms with Gasteiger partial charge in [-0.15, -0.1) is 0 Å². The highest BCUT2D eigenvalue weighted by molar-refractivity contribution is 5.76. The van der Waals surface area contributed by atoms with Crippen molar-refractivity contribution in [2.75, 3.05) is 45.9 Å². The molecular formula is C20H28N4O2. The molecule has 0 aliphatic carbocycles. The molecule has 2 saturated heterocycles. The van der Waals surface area contributed by atoms with Crippen LogP contribution < -0.4 is 5.56 Å². The normalized spacial score (nSPS) is 22.7. The van der Waals surface area contributed by atoms with Crippen molar-refractivity contribution < 1.29 is 4.74 Å². The highest BCUT2D eigenvalue weighted by atomic mass is 16.5. The van der Waals surface area contributed by atoms with E-state index in [9.17, 15) is 4.79 Å². The van der Waals surface area contributed by atoms with E-state index in [0.29, 0.717) is 18.0 Å². The number of morpholine rings is 1. The summed E-state index contributed by atoms with van der Waals surface area (Å²) in [7, 11) is 0. The standard InChI is InChI=1S/C20H28N4O2/c25-20-18-6-1-2-7-19(18)21-16-24(20)10-9-23-8-4-3-5-17(23)15-22-11-13-26-14-12-22/h1-2,6-7,16-17H,3-5,8-15H2. The number of fused-ring (bicyclic) bond motifs is 1. The number of hydrogen-bond donors (Lipinski definition) is 0. The lowest BCUT2D eigenvalue weighted by atomic mass is 10.0. The zero-order chi connectivity index (χ0) is 17.8. The van der Waals surface area contributed by atoms with E-state index < -0.39 is 0 Å². The number of para-hydroxylation sites is 1. The molecule has 1 unspecified atom stereocenters. The first-order chi connectivity index (χ1) is 12.8. The summed E-state index contributed by atoms with van der Waals surface area (Å²) in [6.07, 6.45) is 5.52. The van der Waals surface area contributed by atoms with E-state index in [1.54, 1.807) is 10.9 Å². The fourth-order valence-corrected chi connectivity index (χ4v) is 4.14. The minimum Gasteiger partial charge on any atom is -0.379 e. The van der Waals surface area contributed by atoms with E-state index in [4.69, 9.17) is 4.74 Å². The summed E-state index contributed by atoms with van der Waals surface area (Å²) in [6, 6.07) is 8.17. The van der Waals surface area contributed by atoms with Crippen LogP contribution in [0, 0.1) is 0 Å². The van der Waals surface area contributed by atoms with Gasteiger partial charge >= 0.3 is 0 Å². The number of benzene rings is 1. The first-order valence-electron chi connectivity index (χ1n) is 9.79. The van der Waals surface area contributed by atoms with Crippen LogP contribution in [0.15, 0.2) is 35.4 Å². The fourth-order valence-electron chi connectivity index (χ4n) is 4.14. The summed E-state index contributed by atoms with van der Waals surface area (Å²) in [6.45, 7) is 7.65. The highest BCUT2D eigenvalue weighted by Gasteiger charge is 2.25. The smallest absolute Gasteiger partial charge is 0.261 e. The maximum atomic E-state index is 12.7. The third-order valence-electron chi connectivity index (χ3n) is 5.68. The van der Waals surface area contributed by atoms with Gasteiger partial charge in [-0.3, -0.25) is 19.2 Å². The molecule has 2 fully saturated rings. The van der Waals surface area contributed by atoms with Crippen LogP contribution >= 0.6 is 0 Å². The molecule has 4 rings (SSSR count). The molecule has 0 spiro atoms. The Balaban J connectivity index is 1.42. The van der Waals surface area contributed by atoms with Gasteiger partial charge in [-0.25, -0.2) is 4.98 Å². The quantitative estimate of drug-likeness (QED) is 0.814. The van der Waals surface area contributed by atoms with Crippen molar-refractivity contribution in [3.8, 4) is 0 Å². The van der Waals surface area contributed by atoms with Gasteiger partial charge in [0, 0.05) is 38.8 Å². The van der Waals surface area contributed by atoms with Crippen LogP contribution in [0.1, 0.15) is 19.3 Å². The Morgan fingerprint density at radius 2 is 1.92 bits per heavy atom. The van der Waals surface area contributed by atoms with E-state index in [2.05, 4.69) is 14.8 Å². The van der Waals surface area contributed by atoms with E-state index in [0.717, 1.165) is 51.5 Å². The van der Waals surface area contributed by atoms with Crippen LogP contribution in [0.25, 0.3) is 10.9 Å². The van der Waals surface area contributed by atoms with Crippen molar-refractivity contribution in [2.24, 2.45) is 0 Å². The van der Waals surface area contributed by atoms with Gasteiger partial charge in [0.25, 0.3) is 5.56 Å². The Hall–Kier alpha value is -1.76. The average molecular weight is 356 g/mol. The molecule has 6 nitrogen and oxygen atoms in total. The van der Waals surface area contributed by atoms with Gasteiger partial charge in [-0.05, 0) is 31.5 Å². The van der Waals surface area contributed by atoms with Crippen LogP contribution in [0.2, 0.25) is 0 Å². The number of piperidine rings is 1. The molecule has 6 heteroatoms. The maximum Gasteiger partial charge on any atom is 0.261 e. The number of hydrogen-bond acceptors (Lipinski definition) is 5. The van der Waals surface area contributed by atoms with Crippen molar-refractivity contribution in [1.82, 2.24) is 19.4 Å². The minimum absolute atomic E-state index is 0.0670. The Kier molecular flexibility index (Phi) is 5.62. The molecule has 2 aromatic rings. The summed E-state index contributed by atoms with van der Waals surface area (Å²) in [5.74, 6) is 0. The van der Waals surface area contributed by atoms with Gasteiger partial charge in [0.2, 0.25) is 0 Å². The lowest BCUT2D eigenvalue weighted by Crippen LogP contribution is -2.50. The van der Waals surface area contributed by atoms with Crippen LogP contribution in [0.3, 0.4) is 0 Å². The topological polar surface area (TPSA) is 50.6 Å². The van der Waals surface area contributed by atoms with Crippen LogP contribution in [0.4, 0.5) is 0 Å². The van der Waals surface area contributed by atoms with Crippen LogP contribution in [-0.2, 0) is 11.3 Å². The Morgan fingerprint density at radius 3 is 2.81 bits per heavy atom. The molecule has 3 heterocycles. The summed E-state index contributed by atoms with van der Waals surface area (Å²) in [5.41, 5.74) is 0.842. The van der Waals surface area contributed by atoms with Crippen molar-refractivity contribution in [3.63, 3.8) is 0 Å². The van der Waals surface area contributed by atoms with Crippen LogP contribution in [-0.4, -0.2) is 71.3 Å². The second-order valence-electron chi connectivity index (χ2n) is 7.36. The lowest BCUT2D eigenvalue weighted by molar-refractivity contribution is 0.0161. The van der Waals surface area contributed by atoms with E-state index in [1.165, 1.54) is 19.3 Å². The van der Waals surface area contributed by atoms with Gasteiger partial charge < -0.3 is 4.74 Å². The SMILES string of the molecule is O=c1c2ccccc2ncn1CCN1CCCCC1CN1CCOCC1. The van der Waals surface area contributed by atoms with Gasteiger partial charge in [0.15, 0.2) is 0 Å². The molecule has 140 valence electrons. The molecule has 1 atom stereocenters. The Morgan fingerprint density at radius 1 is 1.08 bits per heavy atom. The lowest BCUT2D eigenvalue weighted by Gasteiger charge is -2.39. The molecule has 0 bridgehead atoms. The monoisotopic (exact) mass is 356 g/mol. The second kappa shape index (κ2) is 8.29. The zero-order valence-corrected chi connectivity index (χ0v) is 15.3. The van der Waals surface area contributed by atoms with Crippen molar-refractivity contribution in [3.05, 3.63) is 40.9 Å². The number of aromatic nitrogens is 2. The molecule has 1 aromatic carbocycles. The van der Waals surface area contributed by atoms with Gasteiger partial charge in [-0.2, -0.15) is 0 Å². The molecule has 2 aliphatic heterocycles. The number of nitrogens with zero attached hydrogens (tertiary/aromatic N) is 4. The van der Waals surface area contributed by atoms with Gasteiger partial charge in [0.1, 0.15) is 0 Å². The van der Waals surface area contributed by atoms with Crippen molar-refractivity contribution >= 4 is 10.9 Å². The number of likely N-dealkylation sites (tertiary alicyclic amines) is 1. The summed E-state index contributed by atoms with van der Waals surface area (Å²) >= 11 is 0. The Bertz CT molecular complexity index is 785. The number of ether oxygens (including phenoxy) is 1. The maximum absolute atomic E-state index is 12.7. The number of rotatable bonds is 5. The minimum atomic E-state index is 0.0670. The van der Waals surface area contributed by atoms with Gasteiger partial charge in [-0.1, -0.05) is 18.6 Å². The second-order valence-corrected chi connectivity index (χ2v) is 7.36. The molecule has 2 aliphatic rings. The van der Waals surface area contributed by atoms with Gasteiger partial charge in [0.05, 0.1) is 30.4 Å². The predicted octanol–water partition coefficient (Wildman–Crippen LogP) is 1.58. The summed E-state index contributed by atoms with van der Waals surface area (Å²) < 4.78 is 7.24. The van der Waals surface area contributed by atoms with Crippen LogP contribution in [0.5, 0.6) is 0 Å². The summed E-state index contributed by atoms with van der Waals surface area (Å²) in [4.78, 5) is 22.2. The third-order valence-corrected chi connectivity index (χ3v) is 5.68. The first kappa shape index (κ1) is 17.6.